The lowest BCUT2D eigenvalue weighted by molar-refractivity contribution is -0.117. The molecule has 0 saturated carbocycles. The van der Waals surface area contributed by atoms with Crippen molar-refractivity contribution in [1.29, 1.82) is 0 Å². The molecule has 1 aromatic carbocycles. The van der Waals surface area contributed by atoms with Gasteiger partial charge in [0.15, 0.2) is 0 Å². The number of piperazine rings is 1. The van der Waals surface area contributed by atoms with E-state index in [2.05, 4.69) is 20.1 Å². The van der Waals surface area contributed by atoms with E-state index in [0.717, 1.165) is 37.8 Å². The van der Waals surface area contributed by atoms with Crippen LogP contribution in [0.4, 0.5) is 11.6 Å². The number of carbonyl (C=O) groups is 1. The number of aromatic nitrogens is 2. The van der Waals surface area contributed by atoms with Crippen molar-refractivity contribution in [2.24, 2.45) is 7.05 Å². The maximum absolute atomic E-state index is 12.1. The van der Waals surface area contributed by atoms with Gasteiger partial charge in [-0.3, -0.25) is 9.69 Å². The van der Waals surface area contributed by atoms with Crippen LogP contribution in [-0.4, -0.2) is 53.1 Å². The van der Waals surface area contributed by atoms with Crippen LogP contribution in [0.1, 0.15) is 0 Å². The van der Waals surface area contributed by atoms with Gasteiger partial charge in [0.1, 0.15) is 0 Å². The molecule has 0 bridgehead atoms. The number of hydrogen-bond acceptors (Lipinski definition) is 4. The van der Waals surface area contributed by atoms with Gasteiger partial charge in [0.2, 0.25) is 11.9 Å². The summed E-state index contributed by atoms with van der Waals surface area (Å²) >= 11 is 0. The van der Waals surface area contributed by atoms with Crippen molar-refractivity contribution < 1.29 is 4.79 Å². The third kappa shape index (κ3) is 3.46. The summed E-state index contributed by atoms with van der Waals surface area (Å²) < 4.78 is 2.03. The summed E-state index contributed by atoms with van der Waals surface area (Å²) in [4.78, 5) is 20.9. The van der Waals surface area contributed by atoms with E-state index < -0.39 is 0 Å². The van der Waals surface area contributed by atoms with Crippen LogP contribution in [0.25, 0.3) is 0 Å². The summed E-state index contributed by atoms with van der Waals surface area (Å²) in [7, 11) is 2.00. The monoisotopic (exact) mass is 299 g/mol. The normalized spacial score (nSPS) is 15.8. The van der Waals surface area contributed by atoms with Crippen molar-refractivity contribution in [2.45, 2.75) is 0 Å². The van der Waals surface area contributed by atoms with Gasteiger partial charge in [-0.25, -0.2) is 4.98 Å². The molecule has 1 N–H and O–H groups in total. The van der Waals surface area contributed by atoms with E-state index in [9.17, 15) is 4.79 Å². The van der Waals surface area contributed by atoms with Crippen molar-refractivity contribution >= 4 is 17.5 Å². The first-order valence-electron chi connectivity index (χ1n) is 7.52. The molecular formula is C16H21N5O. The van der Waals surface area contributed by atoms with E-state index >= 15 is 0 Å². The summed E-state index contributed by atoms with van der Waals surface area (Å²) in [6.45, 7) is 3.96. The van der Waals surface area contributed by atoms with Crippen LogP contribution in [0, 0.1) is 0 Å². The molecule has 22 heavy (non-hydrogen) atoms. The Balaban J connectivity index is 1.48. The second-order valence-corrected chi connectivity index (χ2v) is 5.52. The van der Waals surface area contributed by atoms with Crippen LogP contribution >= 0.6 is 0 Å². The fourth-order valence-corrected chi connectivity index (χ4v) is 2.69. The Morgan fingerprint density at radius 1 is 1.18 bits per heavy atom. The molecule has 0 spiro atoms. The Bertz CT molecular complexity index is 616. The minimum Gasteiger partial charge on any atom is -0.340 e. The van der Waals surface area contributed by atoms with E-state index in [1.165, 1.54) is 0 Å². The van der Waals surface area contributed by atoms with Crippen LogP contribution < -0.4 is 10.2 Å². The van der Waals surface area contributed by atoms with E-state index in [0.29, 0.717) is 6.54 Å². The second-order valence-electron chi connectivity index (χ2n) is 5.52. The number of nitrogens with one attached hydrogen (secondary N) is 1. The molecule has 2 aromatic rings. The molecule has 1 saturated heterocycles. The summed E-state index contributed by atoms with van der Waals surface area (Å²) in [5.41, 5.74) is 0.846. The van der Waals surface area contributed by atoms with Gasteiger partial charge < -0.3 is 14.8 Å². The van der Waals surface area contributed by atoms with E-state index in [-0.39, 0.29) is 5.91 Å². The topological polar surface area (TPSA) is 53.4 Å². The molecule has 1 amide bonds. The largest absolute Gasteiger partial charge is 0.340 e. The van der Waals surface area contributed by atoms with Crippen molar-refractivity contribution in [3.05, 3.63) is 42.7 Å². The lowest BCUT2D eigenvalue weighted by Gasteiger charge is -2.34. The van der Waals surface area contributed by atoms with Gasteiger partial charge in [0.05, 0.1) is 6.54 Å². The van der Waals surface area contributed by atoms with Gasteiger partial charge in [0.25, 0.3) is 0 Å². The number of amides is 1. The predicted octanol–water partition coefficient (Wildman–Crippen LogP) is 1.18. The fraction of sp³-hybridized carbons (Fsp3) is 0.375. The number of aryl methyl sites for hydroxylation is 1. The lowest BCUT2D eigenvalue weighted by atomic mass is 10.3. The molecule has 0 unspecified atom stereocenters. The highest BCUT2D eigenvalue weighted by Crippen LogP contribution is 2.13. The minimum atomic E-state index is 0.0386. The molecule has 1 aliphatic heterocycles. The van der Waals surface area contributed by atoms with Crippen molar-refractivity contribution in [1.82, 2.24) is 14.5 Å². The van der Waals surface area contributed by atoms with Crippen molar-refractivity contribution in [2.75, 3.05) is 42.9 Å². The Kier molecular flexibility index (Phi) is 4.39. The molecule has 3 rings (SSSR count). The molecular weight excluding hydrogens is 278 g/mol. The molecule has 1 aliphatic rings. The number of benzene rings is 1. The summed E-state index contributed by atoms with van der Waals surface area (Å²) in [6.07, 6.45) is 3.77. The molecule has 2 heterocycles. The van der Waals surface area contributed by atoms with Gasteiger partial charge in [-0.15, -0.1) is 0 Å². The molecule has 0 aliphatic carbocycles. The predicted molar refractivity (Wildman–Crippen MR) is 86.9 cm³/mol. The second kappa shape index (κ2) is 6.62. The fourth-order valence-electron chi connectivity index (χ4n) is 2.69. The van der Waals surface area contributed by atoms with Gasteiger partial charge in [-0.1, -0.05) is 18.2 Å². The van der Waals surface area contributed by atoms with Gasteiger partial charge >= 0.3 is 0 Å². The third-order valence-corrected chi connectivity index (χ3v) is 3.88. The minimum absolute atomic E-state index is 0.0386. The third-order valence-electron chi connectivity index (χ3n) is 3.88. The summed E-state index contributed by atoms with van der Waals surface area (Å²) in [5, 5.41) is 2.93. The van der Waals surface area contributed by atoms with Crippen LogP contribution in [-0.2, 0) is 11.8 Å². The molecule has 1 aromatic heterocycles. The summed E-state index contributed by atoms with van der Waals surface area (Å²) in [6, 6.07) is 9.57. The molecule has 116 valence electrons. The highest BCUT2D eigenvalue weighted by molar-refractivity contribution is 5.92. The van der Waals surface area contributed by atoms with Gasteiger partial charge in [0, 0.05) is 51.3 Å². The van der Waals surface area contributed by atoms with Gasteiger partial charge in [-0.05, 0) is 12.1 Å². The average Bonchev–Trinajstić information content (AvgIpc) is 2.95. The zero-order valence-corrected chi connectivity index (χ0v) is 12.8. The molecule has 1 fully saturated rings. The zero-order valence-electron chi connectivity index (χ0n) is 12.8. The number of para-hydroxylation sites is 1. The van der Waals surface area contributed by atoms with E-state index in [1.807, 2.05) is 54.3 Å². The first-order valence-corrected chi connectivity index (χ1v) is 7.52. The maximum Gasteiger partial charge on any atom is 0.238 e. The number of hydrogen-bond donors (Lipinski definition) is 1. The van der Waals surface area contributed by atoms with E-state index in [4.69, 9.17) is 0 Å². The Morgan fingerprint density at radius 3 is 2.55 bits per heavy atom. The van der Waals surface area contributed by atoms with Crippen molar-refractivity contribution in [3.8, 4) is 0 Å². The highest BCUT2D eigenvalue weighted by Gasteiger charge is 2.21. The number of carbonyl (C=O) groups excluding carboxylic acids is 1. The lowest BCUT2D eigenvalue weighted by Crippen LogP contribution is -2.49. The van der Waals surface area contributed by atoms with Crippen LogP contribution in [0.2, 0.25) is 0 Å². The van der Waals surface area contributed by atoms with Crippen molar-refractivity contribution in [3.63, 3.8) is 0 Å². The SMILES string of the molecule is Cn1ccnc1N1CCN(CC(=O)Nc2ccccc2)CC1. The molecule has 6 heteroatoms. The molecule has 0 atom stereocenters. The summed E-state index contributed by atoms with van der Waals surface area (Å²) in [5.74, 6) is 1.03. The Labute approximate surface area is 130 Å². The smallest absolute Gasteiger partial charge is 0.238 e. The zero-order chi connectivity index (χ0) is 15.4. The highest BCUT2D eigenvalue weighted by atomic mass is 16.2. The maximum atomic E-state index is 12.1. The number of nitrogens with zero attached hydrogens (tertiary/aromatic N) is 4. The quantitative estimate of drug-likeness (QED) is 0.921. The number of anilines is 2. The molecule has 0 radical (unpaired) electrons. The first kappa shape index (κ1) is 14.6. The van der Waals surface area contributed by atoms with Crippen LogP contribution in [0.15, 0.2) is 42.7 Å². The van der Waals surface area contributed by atoms with E-state index in [1.54, 1.807) is 0 Å². The first-order chi connectivity index (χ1) is 10.7. The number of imidazole rings is 1. The van der Waals surface area contributed by atoms with Gasteiger partial charge in [-0.2, -0.15) is 0 Å². The standard InChI is InChI=1S/C16H21N5O/c1-19-8-7-17-16(19)21-11-9-20(10-12-21)13-15(22)18-14-5-3-2-4-6-14/h2-8H,9-13H2,1H3,(H,18,22). The molecule has 6 nitrogen and oxygen atoms in total. The number of rotatable bonds is 4. The Hall–Kier alpha value is -2.34. The average molecular weight is 299 g/mol. The van der Waals surface area contributed by atoms with Crippen LogP contribution in [0.3, 0.4) is 0 Å². The Morgan fingerprint density at radius 2 is 1.91 bits per heavy atom. The van der Waals surface area contributed by atoms with Crippen LogP contribution in [0.5, 0.6) is 0 Å².